The van der Waals surface area contributed by atoms with Crippen LogP contribution in [0.4, 0.5) is 0 Å². The summed E-state index contributed by atoms with van der Waals surface area (Å²) < 4.78 is 0. The van der Waals surface area contributed by atoms with Crippen LogP contribution >= 0.6 is 0 Å². The van der Waals surface area contributed by atoms with Crippen LogP contribution in [0.5, 0.6) is 0 Å². The summed E-state index contributed by atoms with van der Waals surface area (Å²) in [5.41, 5.74) is 1.66. The number of carbonyl (C=O) groups excluding carboxylic acids is 1. The van der Waals surface area contributed by atoms with Gasteiger partial charge in [-0.3, -0.25) is 14.6 Å². The smallest absolute Gasteiger partial charge is 0.254 e. The van der Waals surface area contributed by atoms with Crippen LogP contribution in [0.3, 0.4) is 0 Å². The normalized spacial score (nSPS) is 11.6. The largest absolute Gasteiger partial charge is 0.344 e. The van der Waals surface area contributed by atoms with Crippen LogP contribution in [-0.4, -0.2) is 39.4 Å². The molecule has 0 saturated heterocycles. The Morgan fingerprint density at radius 1 is 1.40 bits per heavy atom. The molecule has 0 saturated carbocycles. The second-order valence-corrected chi connectivity index (χ2v) is 6.02. The van der Waals surface area contributed by atoms with Crippen LogP contribution in [-0.2, 0) is 11.2 Å². The van der Waals surface area contributed by atoms with Crippen LogP contribution < -0.4 is 5.56 Å². The average Bonchev–Trinajstić information content (AvgIpc) is 2.61. The standard InChI is InChI=1S/C18H21N5O2/c1-12(10-19)11-23(3)16(24)5-4-15-13(2)21-17(22-18(15)25)14-6-8-20-9-7-14/h6-9,12H,4-5,11H2,1-3H3,(H,21,22,25)/t12-/m0/s1. The van der Waals surface area contributed by atoms with E-state index in [9.17, 15) is 9.59 Å². The minimum absolute atomic E-state index is 0.0980. The number of aromatic nitrogens is 3. The Kier molecular flexibility index (Phi) is 6.01. The van der Waals surface area contributed by atoms with E-state index in [2.05, 4.69) is 21.0 Å². The molecule has 25 heavy (non-hydrogen) atoms. The van der Waals surface area contributed by atoms with E-state index in [0.29, 0.717) is 30.0 Å². The number of nitrogens with zero attached hydrogens (tertiary/aromatic N) is 4. The zero-order valence-corrected chi connectivity index (χ0v) is 14.6. The van der Waals surface area contributed by atoms with Gasteiger partial charge in [0.15, 0.2) is 0 Å². The van der Waals surface area contributed by atoms with Gasteiger partial charge in [0.05, 0.1) is 12.0 Å². The Bertz CT molecular complexity index is 839. The Morgan fingerprint density at radius 2 is 2.08 bits per heavy atom. The molecule has 0 unspecified atom stereocenters. The molecule has 0 aliphatic rings. The van der Waals surface area contributed by atoms with Crippen LogP contribution in [0.1, 0.15) is 24.6 Å². The highest BCUT2D eigenvalue weighted by Crippen LogP contribution is 2.13. The lowest BCUT2D eigenvalue weighted by Crippen LogP contribution is -2.31. The molecule has 2 rings (SSSR count). The molecular weight excluding hydrogens is 318 g/mol. The summed E-state index contributed by atoms with van der Waals surface area (Å²) in [6.07, 6.45) is 3.79. The SMILES string of the molecule is Cc1nc(-c2ccncc2)[nH]c(=O)c1CCC(=O)N(C)C[C@@H](C)C#N. The summed E-state index contributed by atoms with van der Waals surface area (Å²) in [5, 5.41) is 8.82. The first-order valence-corrected chi connectivity index (χ1v) is 8.06. The zero-order valence-electron chi connectivity index (χ0n) is 14.6. The highest BCUT2D eigenvalue weighted by atomic mass is 16.2. The Hall–Kier alpha value is -3.01. The predicted molar refractivity (Wildman–Crippen MR) is 93.6 cm³/mol. The molecule has 2 aromatic rings. The van der Waals surface area contributed by atoms with Gasteiger partial charge in [-0.25, -0.2) is 4.98 Å². The molecule has 0 radical (unpaired) electrons. The number of hydrogen-bond donors (Lipinski definition) is 1. The first-order chi connectivity index (χ1) is 11.9. The number of hydrogen-bond acceptors (Lipinski definition) is 5. The molecule has 130 valence electrons. The molecule has 1 atom stereocenters. The Balaban J connectivity index is 2.10. The van der Waals surface area contributed by atoms with E-state index in [4.69, 9.17) is 5.26 Å². The van der Waals surface area contributed by atoms with Crippen LogP contribution in [0, 0.1) is 24.2 Å². The molecule has 2 heterocycles. The highest BCUT2D eigenvalue weighted by Gasteiger charge is 2.15. The van der Waals surface area contributed by atoms with Gasteiger partial charge in [-0.05, 0) is 32.4 Å². The maximum atomic E-state index is 12.4. The fraction of sp³-hybridized carbons (Fsp3) is 0.389. The van der Waals surface area contributed by atoms with E-state index in [0.717, 1.165) is 5.56 Å². The van der Waals surface area contributed by atoms with Gasteiger partial charge in [0, 0.05) is 49.2 Å². The van der Waals surface area contributed by atoms with Crippen LogP contribution in [0.25, 0.3) is 11.4 Å². The van der Waals surface area contributed by atoms with Crippen molar-refractivity contribution < 1.29 is 4.79 Å². The Labute approximate surface area is 146 Å². The number of amides is 1. The summed E-state index contributed by atoms with van der Waals surface area (Å²) in [5.74, 6) is 0.166. The molecule has 2 aromatic heterocycles. The zero-order chi connectivity index (χ0) is 18.4. The third kappa shape index (κ3) is 4.73. The maximum absolute atomic E-state index is 12.4. The molecule has 0 fully saturated rings. The van der Waals surface area contributed by atoms with Crippen molar-refractivity contribution in [2.45, 2.75) is 26.7 Å². The molecule has 0 aromatic carbocycles. The molecule has 0 spiro atoms. The van der Waals surface area contributed by atoms with Crippen molar-refractivity contribution in [1.29, 1.82) is 5.26 Å². The maximum Gasteiger partial charge on any atom is 0.254 e. The van der Waals surface area contributed by atoms with Crippen molar-refractivity contribution in [3.63, 3.8) is 0 Å². The van der Waals surface area contributed by atoms with E-state index in [1.54, 1.807) is 45.4 Å². The van der Waals surface area contributed by atoms with E-state index in [-0.39, 0.29) is 23.8 Å². The summed E-state index contributed by atoms with van der Waals surface area (Å²) in [6.45, 7) is 3.91. The minimum Gasteiger partial charge on any atom is -0.344 e. The minimum atomic E-state index is -0.236. The summed E-state index contributed by atoms with van der Waals surface area (Å²) >= 11 is 0. The number of nitriles is 1. The van der Waals surface area contributed by atoms with Crippen molar-refractivity contribution in [3.05, 3.63) is 46.1 Å². The second-order valence-electron chi connectivity index (χ2n) is 6.02. The quantitative estimate of drug-likeness (QED) is 0.862. The molecule has 1 N–H and O–H groups in total. The molecule has 0 aliphatic heterocycles. The average molecular weight is 339 g/mol. The van der Waals surface area contributed by atoms with Crippen LogP contribution in [0.15, 0.2) is 29.3 Å². The second kappa shape index (κ2) is 8.20. The number of H-pyrrole nitrogens is 1. The third-order valence-corrected chi connectivity index (χ3v) is 3.96. The lowest BCUT2D eigenvalue weighted by atomic mass is 10.1. The molecule has 0 aliphatic carbocycles. The topological polar surface area (TPSA) is 103 Å². The molecule has 1 amide bonds. The van der Waals surface area contributed by atoms with Gasteiger partial charge < -0.3 is 9.88 Å². The van der Waals surface area contributed by atoms with Gasteiger partial charge in [0.1, 0.15) is 5.82 Å². The van der Waals surface area contributed by atoms with E-state index >= 15 is 0 Å². The van der Waals surface area contributed by atoms with Gasteiger partial charge in [0.25, 0.3) is 5.56 Å². The monoisotopic (exact) mass is 339 g/mol. The number of rotatable bonds is 6. The van der Waals surface area contributed by atoms with Gasteiger partial charge in [0.2, 0.25) is 5.91 Å². The first kappa shape index (κ1) is 18.3. The third-order valence-electron chi connectivity index (χ3n) is 3.96. The van der Waals surface area contributed by atoms with Gasteiger partial charge in [-0.1, -0.05) is 0 Å². The molecular formula is C18H21N5O2. The van der Waals surface area contributed by atoms with Gasteiger partial charge in [-0.2, -0.15) is 5.26 Å². The molecule has 7 heteroatoms. The number of pyridine rings is 1. The summed E-state index contributed by atoms with van der Waals surface area (Å²) in [4.78, 5) is 37.2. The van der Waals surface area contributed by atoms with Crippen molar-refractivity contribution in [2.24, 2.45) is 5.92 Å². The number of carbonyl (C=O) groups is 1. The fourth-order valence-electron chi connectivity index (χ4n) is 2.53. The summed E-state index contributed by atoms with van der Waals surface area (Å²) in [7, 11) is 1.66. The molecule has 0 bridgehead atoms. The number of aryl methyl sites for hydroxylation is 1. The number of nitrogens with one attached hydrogen (secondary N) is 1. The summed E-state index contributed by atoms with van der Waals surface area (Å²) in [6, 6.07) is 5.64. The van der Waals surface area contributed by atoms with E-state index in [1.165, 1.54) is 4.90 Å². The Morgan fingerprint density at radius 3 is 2.68 bits per heavy atom. The molecule has 7 nitrogen and oxygen atoms in total. The van der Waals surface area contributed by atoms with Crippen molar-refractivity contribution >= 4 is 5.91 Å². The van der Waals surface area contributed by atoms with Gasteiger partial charge >= 0.3 is 0 Å². The highest BCUT2D eigenvalue weighted by molar-refractivity contribution is 5.76. The van der Waals surface area contributed by atoms with E-state index in [1.807, 2.05) is 0 Å². The van der Waals surface area contributed by atoms with E-state index < -0.39 is 0 Å². The first-order valence-electron chi connectivity index (χ1n) is 8.06. The number of aromatic amines is 1. The van der Waals surface area contributed by atoms with Crippen LogP contribution in [0.2, 0.25) is 0 Å². The van der Waals surface area contributed by atoms with Crippen molar-refractivity contribution in [1.82, 2.24) is 19.9 Å². The lowest BCUT2D eigenvalue weighted by molar-refractivity contribution is -0.130. The predicted octanol–water partition coefficient (Wildman–Crippen LogP) is 1.69. The lowest BCUT2D eigenvalue weighted by Gasteiger charge is -2.18. The van der Waals surface area contributed by atoms with Gasteiger partial charge in [-0.15, -0.1) is 0 Å². The van der Waals surface area contributed by atoms with Crippen molar-refractivity contribution in [2.75, 3.05) is 13.6 Å². The van der Waals surface area contributed by atoms with Crippen molar-refractivity contribution in [3.8, 4) is 17.5 Å². The fourth-order valence-corrected chi connectivity index (χ4v) is 2.53.